The summed E-state index contributed by atoms with van der Waals surface area (Å²) in [7, 11) is 0. The molecule has 2 heterocycles. The van der Waals surface area contributed by atoms with Crippen LogP contribution < -0.4 is 0 Å². The molecule has 0 aliphatic carbocycles. The molecular formula is C12H18N4O3. The van der Waals surface area contributed by atoms with Crippen molar-refractivity contribution in [1.82, 2.24) is 19.7 Å². The van der Waals surface area contributed by atoms with Crippen LogP contribution in [0.4, 0.5) is 0 Å². The van der Waals surface area contributed by atoms with E-state index in [1.807, 2.05) is 0 Å². The molecule has 1 atom stereocenters. The molecule has 1 aliphatic rings. The summed E-state index contributed by atoms with van der Waals surface area (Å²) in [6.45, 7) is 3.21. The molecule has 1 saturated heterocycles. The molecular weight excluding hydrogens is 248 g/mol. The molecule has 104 valence electrons. The summed E-state index contributed by atoms with van der Waals surface area (Å²) in [6, 6.07) is -0.414. The molecule has 0 bridgehead atoms. The number of rotatable bonds is 5. The van der Waals surface area contributed by atoms with Crippen molar-refractivity contribution in [3.8, 4) is 0 Å². The fourth-order valence-electron chi connectivity index (χ4n) is 2.25. The van der Waals surface area contributed by atoms with Crippen molar-refractivity contribution in [3.63, 3.8) is 0 Å². The number of aromatic nitrogens is 3. The summed E-state index contributed by atoms with van der Waals surface area (Å²) in [6.07, 6.45) is 4.85. The van der Waals surface area contributed by atoms with Crippen molar-refractivity contribution in [3.05, 3.63) is 12.7 Å². The smallest absolute Gasteiger partial charge is 0.328 e. The van der Waals surface area contributed by atoms with Crippen molar-refractivity contribution in [2.45, 2.75) is 38.8 Å². The molecule has 2 rings (SSSR count). The zero-order valence-electron chi connectivity index (χ0n) is 11.0. The van der Waals surface area contributed by atoms with E-state index >= 15 is 0 Å². The van der Waals surface area contributed by atoms with Crippen LogP contribution in [0.2, 0.25) is 0 Å². The Morgan fingerprint density at radius 2 is 2.32 bits per heavy atom. The minimum Gasteiger partial charge on any atom is -0.464 e. The third-order valence-electron chi connectivity index (χ3n) is 3.15. The molecule has 1 aromatic heterocycles. The van der Waals surface area contributed by atoms with Crippen LogP contribution in [0.15, 0.2) is 12.7 Å². The zero-order chi connectivity index (χ0) is 13.7. The van der Waals surface area contributed by atoms with E-state index in [2.05, 4.69) is 10.1 Å². The Labute approximate surface area is 111 Å². The lowest BCUT2D eigenvalue weighted by Gasteiger charge is -2.23. The van der Waals surface area contributed by atoms with E-state index in [0.29, 0.717) is 32.5 Å². The Morgan fingerprint density at radius 1 is 1.47 bits per heavy atom. The summed E-state index contributed by atoms with van der Waals surface area (Å²) >= 11 is 0. The van der Waals surface area contributed by atoms with E-state index in [1.165, 1.54) is 6.33 Å². The standard InChI is InChI=1S/C12H18N4O3/c1-2-19-12(18)10-4-3-6-16(10)11(17)5-7-15-9-13-8-14-15/h8-10H,2-7H2,1H3. The Hall–Kier alpha value is -1.92. The van der Waals surface area contributed by atoms with Gasteiger partial charge in [-0.3, -0.25) is 9.48 Å². The van der Waals surface area contributed by atoms with E-state index in [9.17, 15) is 9.59 Å². The lowest BCUT2D eigenvalue weighted by atomic mass is 10.2. The summed E-state index contributed by atoms with van der Waals surface area (Å²) < 4.78 is 6.60. The van der Waals surface area contributed by atoms with Crippen LogP contribution in [0.3, 0.4) is 0 Å². The molecule has 1 aromatic rings. The molecule has 1 aliphatic heterocycles. The molecule has 0 saturated carbocycles. The first-order valence-electron chi connectivity index (χ1n) is 6.51. The molecule has 0 spiro atoms. The number of amides is 1. The van der Waals surface area contributed by atoms with Gasteiger partial charge < -0.3 is 9.64 Å². The third kappa shape index (κ3) is 3.30. The van der Waals surface area contributed by atoms with Crippen LogP contribution in [-0.4, -0.2) is 50.7 Å². The topological polar surface area (TPSA) is 77.3 Å². The van der Waals surface area contributed by atoms with Crippen LogP contribution in [0.5, 0.6) is 0 Å². The molecule has 1 fully saturated rings. The van der Waals surface area contributed by atoms with Crippen LogP contribution in [0.1, 0.15) is 26.2 Å². The van der Waals surface area contributed by atoms with Crippen LogP contribution in [-0.2, 0) is 20.9 Å². The first-order valence-corrected chi connectivity index (χ1v) is 6.51. The maximum Gasteiger partial charge on any atom is 0.328 e. The second kappa shape index (κ2) is 6.31. The van der Waals surface area contributed by atoms with Gasteiger partial charge in [0.05, 0.1) is 13.2 Å². The van der Waals surface area contributed by atoms with Gasteiger partial charge in [0.25, 0.3) is 0 Å². The number of hydrogen-bond donors (Lipinski definition) is 0. The fourth-order valence-corrected chi connectivity index (χ4v) is 2.25. The van der Waals surface area contributed by atoms with Crippen molar-refractivity contribution < 1.29 is 14.3 Å². The average Bonchev–Trinajstić information content (AvgIpc) is 3.07. The summed E-state index contributed by atoms with van der Waals surface area (Å²) in [5.41, 5.74) is 0. The molecule has 0 aromatic carbocycles. The number of carbonyl (C=O) groups excluding carboxylic acids is 2. The van der Waals surface area contributed by atoms with Gasteiger partial charge in [-0.15, -0.1) is 0 Å². The average molecular weight is 266 g/mol. The molecule has 7 nitrogen and oxygen atoms in total. The maximum absolute atomic E-state index is 12.1. The van der Waals surface area contributed by atoms with E-state index in [1.54, 1.807) is 22.8 Å². The van der Waals surface area contributed by atoms with Crippen molar-refractivity contribution in [2.24, 2.45) is 0 Å². The zero-order valence-corrected chi connectivity index (χ0v) is 11.0. The first-order chi connectivity index (χ1) is 9.22. The highest BCUT2D eigenvalue weighted by atomic mass is 16.5. The van der Waals surface area contributed by atoms with Gasteiger partial charge in [-0.2, -0.15) is 5.10 Å². The van der Waals surface area contributed by atoms with E-state index in [0.717, 1.165) is 6.42 Å². The third-order valence-corrected chi connectivity index (χ3v) is 3.15. The van der Waals surface area contributed by atoms with Gasteiger partial charge in [-0.05, 0) is 19.8 Å². The van der Waals surface area contributed by atoms with Crippen LogP contribution >= 0.6 is 0 Å². The lowest BCUT2D eigenvalue weighted by Crippen LogP contribution is -2.41. The number of ether oxygens (including phenoxy) is 1. The number of esters is 1. The number of carbonyl (C=O) groups is 2. The summed E-state index contributed by atoms with van der Waals surface area (Å²) in [4.78, 5) is 29.3. The van der Waals surface area contributed by atoms with Gasteiger partial charge in [-0.1, -0.05) is 0 Å². The highest BCUT2D eigenvalue weighted by Gasteiger charge is 2.34. The molecule has 1 amide bonds. The Morgan fingerprint density at radius 3 is 3.00 bits per heavy atom. The van der Waals surface area contributed by atoms with Gasteiger partial charge in [0.15, 0.2) is 0 Å². The van der Waals surface area contributed by atoms with Gasteiger partial charge in [-0.25, -0.2) is 9.78 Å². The van der Waals surface area contributed by atoms with Crippen molar-refractivity contribution in [1.29, 1.82) is 0 Å². The first kappa shape index (κ1) is 13.5. The highest BCUT2D eigenvalue weighted by Crippen LogP contribution is 2.19. The van der Waals surface area contributed by atoms with E-state index < -0.39 is 6.04 Å². The van der Waals surface area contributed by atoms with Crippen molar-refractivity contribution >= 4 is 11.9 Å². The SMILES string of the molecule is CCOC(=O)C1CCCN1C(=O)CCn1cncn1. The fraction of sp³-hybridized carbons (Fsp3) is 0.667. The Kier molecular flexibility index (Phi) is 4.48. The Balaban J connectivity index is 1.88. The van der Waals surface area contributed by atoms with Crippen molar-refractivity contribution in [2.75, 3.05) is 13.2 Å². The molecule has 1 unspecified atom stereocenters. The van der Waals surface area contributed by atoms with Crippen LogP contribution in [0.25, 0.3) is 0 Å². The summed E-state index contributed by atoms with van der Waals surface area (Å²) in [5, 5.41) is 3.94. The van der Waals surface area contributed by atoms with Gasteiger partial charge in [0.1, 0.15) is 18.7 Å². The predicted molar refractivity (Wildman–Crippen MR) is 66.0 cm³/mol. The minimum absolute atomic E-state index is 0.0361. The highest BCUT2D eigenvalue weighted by molar-refractivity contribution is 5.85. The maximum atomic E-state index is 12.1. The van der Waals surface area contributed by atoms with E-state index in [-0.39, 0.29) is 11.9 Å². The largest absolute Gasteiger partial charge is 0.464 e. The second-order valence-corrected chi connectivity index (χ2v) is 4.41. The predicted octanol–water partition coefficient (Wildman–Crippen LogP) is 0.222. The molecule has 19 heavy (non-hydrogen) atoms. The monoisotopic (exact) mass is 266 g/mol. The number of aryl methyl sites for hydroxylation is 1. The van der Waals surface area contributed by atoms with Gasteiger partial charge in [0.2, 0.25) is 5.91 Å². The van der Waals surface area contributed by atoms with Gasteiger partial charge >= 0.3 is 5.97 Å². The number of hydrogen-bond acceptors (Lipinski definition) is 5. The number of likely N-dealkylation sites (tertiary alicyclic amines) is 1. The lowest BCUT2D eigenvalue weighted by molar-refractivity contribution is -0.153. The minimum atomic E-state index is -0.414. The Bertz CT molecular complexity index is 432. The normalized spacial score (nSPS) is 18.6. The molecule has 7 heteroatoms. The number of nitrogens with zero attached hydrogens (tertiary/aromatic N) is 4. The quantitative estimate of drug-likeness (QED) is 0.713. The van der Waals surface area contributed by atoms with E-state index in [4.69, 9.17) is 4.74 Å². The van der Waals surface area contributed by atoms with Crippen LogP contribution in [0, 0.1) is 0 Å². The van der Waals surface area contributed by atoms with Gasteiger partial charge in [0, 0.05) is 13.0 Å². The molecule has 0 N–H and O–H groups in total. The molecule has 0 radical (unpaired) electrons. The second-order valence-electron chi connectivity index (χ2n) is 4.41. The summed E-state index contributed by atoms with van der Waals surface area (Å²) in [5.74, 6) is -0.333.